The third kappa shape index (κ3) is 10.4. The molecule has 4 rings (SSSR count). The fraction of sp³-hybridized carbons (Fsp3) is 0.629. The minimum Gasteiger partial charge on any atom is -0.490 e. The van der Waals surface area contributed by atoms with Crippen molar-refractivity contribution in [2.24, 2.45) is 0 Å². The van der Waals surface area contributed by atoms with Crippen molar-refractivity contribution in [2.45, 2.75) is 58.0 Å². The number of hydrogen-bond acceptors (Lipinski definition) is 9. The summed E-state index contributed by atoms with van der Waals surface area (Å²) in [4.78, 5) is 17.0. The van der Waals surface area contributed by atoms with E-state index in [1.54, 1.807) is 19.1 Å². The molecule has 0 saturated carbocycles. The van der Waals surface area contributed by atoms with E-state index in [1.165, 1.54) is 0 Å². The number of likely N-dealkylation sites (N-methyl/N-ethyl adjacent to an activating group) is 1. The number of carbonyl (C=O) groups is 1. The number of methoxy groups -OCH3 is 2. The number of hydrogen-bond donors (Lipinski definition) is 1. The van der Waals surface area contributed by atoms with Crippen molar-refractivity contribution in [3.05, 3.63) is 59.2 Å². The molecule has 0 spiro atoms. The van der Waals surface area contributed by atoms with Crippen LogP contribution in [-0.2, 0) is 41.7 Å². The smallest absolute Gasteiger partial charge is 0.248 e. The molecule has 2 aliphatic heterocycles. The van der Waals surface area contributed by atoms with Gasteiger partial charge in [0.1, 0.15) is 19.0 Å². The Kier molecular flexibility index (Phi) is 14.9. The third-order valence-corrected chi connectivity index (χ3v) is 8.52. The van der Waals surface area contributed by atoms with Crippen molar-refractivity contribution < 1.29 is 33.2 Å². The van der Waals surface area contributed by atoms with E-state index in [0.717, 1.165) is 60.7 Å². The van der Waals surface area contributed by atoms with Gasteiger partial charge in [0, 0.05) is 72.7 Å². The number of ether oxygens (including phenoxy) is 6. The maximum absolute atomic E-state index is 12.8. The monoisotopic (exact) mass is 627 g/mol. The van der Waals surface area contributed by atoms with E-state index in [9.17, 15) is 4.79 Å². The molecule has 250 valence electrons. The van der Waals surface area contributed by atoms with Gasteiger partial charge in [0.05, 0.1) is 37.7 Å². The van der Waals surface area contributed by atoms with Crippen molar-refractivity contribution >= 4 is 11.6 Å². The highest BCUT2D eigenvalue weighted by atomic mass is 16.5. The minimum atomic E-state index is -0.215. The Hall–Kier alpha value is -2.73. The molecule has 0 aliphatic carbocycles. The van der Waals surface area contributed by atoms with Crippen LogP contribution in [0.15, 0.2) is 42.5 Å². The van der Waals surface area contributed by atoms with E-state index in [1.807, 2.05) is 19.9 Å². The molecule has 1 saturated heterocycles. The average molecular weight is 628 g/mol. The molecule has 3 atom stereocenters. The lowest BCUT2D eigenvalue weighted by molar-refractivity contribution is -0.140. The Morgan fingerprint density at radius 1 is 0.911 bits per heavy atom. The normalized spacial score (nSPS) is 19.6. The Balaban J connectivity index is 1.47. The molecular formula is C35H53N3O7. The number of benzene rings is 2. The van der Waals surface area contributed by atoms with Crippen molar-refractivity contribution in [3.63, 3.8) is 0 Å². The van der Waals surface area contributed by atoms with Gasteiger partial charge in [0.15, 0.2) is 0 Å². The lowest BCUT2D eigenvalue weighted by atomic mass is 9.85. The Morgan fingerprint density at radius 2 is 1.62 bits per heavy atom. The molecule has 0 aromatic heterocycles. The van der Waals surface area contributed by atoms with Gasteiger partial charge in [-0.05, 0) is 55.5 Å². The van der Waals surface area contributed by atoms with E-state index in [2.05, 4.69) is 46.6 Å². The van der Waals surface area contributed by atoms with Gasteiger partial charge in [0.2, 0.25) is 5.91 Å². The van der Waals surface area contributed by atoms with Crippen LogP contribution >= 0.6 is 0 Å². The molecule has 0 radical (unpaired) electrons. The third-order valence-electron chi connectivity index (χ3n) is 8.52. The van der Waals surface area contributed by atoms with E-state index < -0.39 is 0 Å². The summed E-state index contributed by atoms with van der Waals surface area (Å²) < 4.78 is 35.2. The van der Waals surface area contributed by atoms with Crippen LogP contribution in [0.2, 0.25) is 0 Å². The van der Waals surface area contributed by atoms with Gasteiger partial charge in [-0.2, -0.15) is 0 Å². The molecular weight excluding hydrogens is 574 g/mol. The van der Waals surface area contributed by atoms with Crippen LogP contribution in [0, 0.1) is 0 Å². The highest BCUT2D eigenvalue weighted by Crippen LogP contribution is 2.34. The van der Waals surface area contributed by atoms with Gasteiger partial charge in [-0.25, -0.2) is 0 Å². The number of piperidine rings is 1. The SMILES string of the molecule is CCN(CC)C(=O)CO[C@@H]1CNC[C@H](OCc2ccc3c(c2)N(CCCOC)CCO3)[C@H]1c1ccc(COCCCOC)cc1. The first kappa shape index (κ1) is 35.1. The molecule has 1 N–H and O–H groups in total. The van der Waals surface area contributed by atoms with Gasteiger partial charge in [0.25, 0.3) is 0 Å². The quantitative estimate of drug-likeness (QED) is 0.232. The molecule has 2 heterocycles. The summed E-state index contributed by atoms with van der Waals surface area (Å²) >= 11 is 0. The van der Waals surface area contributed by atoms with Crippen molar-refractivity contribution in [1.29, 1.82) is 0 Å². The molecule has 45 heavy (non-hydrogen) atoms. The summed E-state index contributed by atoms with van der Waals surface area (Å²) in [7, 11) is 3.44. The first-order chi connectivity index (χ1) is 22.1. The van der Waals surface area contributed by atoms with Gasteiger partial charge in [-0.3, -0.25) is 4.79 Å². The van der Waals surface area contributed by atoms with Crippen molar-refractivity contribution in [3.8, 4) is 5.75 Å². The Morgan fingerprint density at radius 3 is 2.36 bits per heavy atom. The topological polar surface area (TPSA) is 91.0 Å². The number of carbonyl (C=O) groups excluding carboxylic acids is 1. The molecule has 1 fully saturated rings. The first-order valence-corrected chi connectivity index (χ1v) is 16.4. The standard InChI is InChI=1S/C35H53N3O7/c1-5-37(6-2)34(39)26-45-33-23-36-22-32(35(33)29-12-9-27(10-13-29)24-42-19-8-18-41-4)44-25-28-11-14-31-30(21-28)38(16-20-43-31)15-7-17-40-3/h9-14,21,32-33,35-36H,5-8,15-20,22-26H2,1-4H3/t32-,33+,35+/m0/s1. The van der Waals surface area contributed by atoms with Crippen LogP contribution in [0.1, 0.15) is 49.3 Å². The summed E-state index contributed by atoms with van der Waals surface area (Å²) in [6.07, 6.45) is 1.47. The highest BCUT2D eigenvalue weighted by Gasteiger charge is 2.36. The van der Waals surface area contributed by atoms with Gasteiger partial charge in [-0.15, -0.1) is 0 Å². The second-order valence-corrected chi connectivity index (χ2v) is 11.6. The zero-order valence-corrected chi connectivity index (χ0v) is 27.6. The zero-order chi connectivity index (χ0) is 31.9. The van der Waals surface area contributed by atoms with Crippen molar-refractivity contribution in [1.82, 2.24) is 10.2 Å². The van der Waals surface area contributed by atoms with Crippen LogP contribution in [-0.4, -0.2) is 110 Å². The molecule has 0 bridgehead atoms. The van der Waals surface area contributed by atoms with E-state index in [-0.39, 0.29) is 30.6 Å². The van der Waals surface area contributed by atoms with Crippen LogP contribution in [0.25, 0.3) is 0 Å². The number of amides is 1. The van der Waals surface area contributed by atoms with Gasteiger partial charge < -0.3 is 43.5 Å². The molecule has 2 aromatic rings. The zero-order valence-electron chi connectivity index (χ0n) is 27.6. The largest absolute Gasteiger partial charge is 0.490 e. The summed E-state index contributed by atoms with van der Waals surface area (Å²) in [6.45, 7) is 12.3. The lowest BCUT2D eigenvalue weighted by Crippen LogP contribution is -2.51. The lowest BCUT2D eigenvalue weighted by Gasteiger charge is -2.39. The Labute approximate surface area is 269 Å². The van der Waals surface area contributed by atoms with E-state index >= 15 is 0 Å². The van der Waals surface area contributed by atoms with Crippen LogP contribution < -0.4 is 15.0 Å². The van der Waals surface area contributed by atoms with Crippen LogP contribution in [0.3, 0.4) is 0 Å². The maximum atomic E-state index is 12.8. The minimum absolute atomic E-state index is 0.00842. The average Bonchev–Trinajstić information content (AvgIpc) is 3.07. The highest BCUT2D eigenvalue weighted by molar-refractivity contribution is 5.77. The number of fused-ring (bicyclic) bond motifs is 1. The number of rotatable bonds is 19. The predicted octanol–water partition coefficient (Wildman–Crippen LogP) is 4.00. The first-order valence-electron chi connectivity index (χ1n) is 16.4. The number of nitrogens with one attached hydrogen (secondary N) is 1. The van der Waals surface area contributed by atoms with E-state index in [0.29, 0.717) is 59.2 Å². The van der Waals surface area contributed by atoms with E-state index in [4.69, 9.17) is 28.4 Å². The van der Waals surface area contributed by atoms with Crippen LogP contribution in [0.5, 0.6) is 5.75 Å². The maximum Gasteiger partial charge on any atom is 0.248 e. The van der Waals surface area contributed by atoms with Gasteiger partial charge >= 0.3 is 0 Å². The number of nitrogens with zero attached hydrogens (tertiary/aromatic N) is 2. The summed E-state index contributed by atoms with van der Waals surface area (Å²) in [5.41, 5.74) is 4.44. The van der Waals surface area contributed by atoms with Crippen LogP contribution in [0.4, 0.5) is 5.69 Å². The number of anilines is 1. The summed E-state index contributed by atoms with van der Waals surface area (Å²) in [5, 5.41) is 3.50. The molecule has 0 unspecified atom stereocenters. The van der Waals surface area contributed by atoms with Gasteiger partial charge in [-0.1, -0.05) is 30.3 Å². The fourth-order valence-corrected chi connectivity index (χ4v) is 6.04. The molecule has 1 amide bonds. The summed E-state index contributed by atoms with van der Waals surface area (Å²) in [5.74, 6) is 0.877. The molecule has 2 aromatic carbocycles. The molecule has 10 nitrogen and oxygen atoms in total. The second-order valence-electron chi connectivity index (χ2n) is 11.6. The fourth-order valence-electron chi connectivity index (χ4n) is 6.04. The molecule has 10 heteroatoms. The predicted molar refractivity (Wildman–Crippen MR) is 175 cm³/mol. The van der Waals surface area contributed by atoms with Crippen molar-refractivity contribution in [2.75, 3.05) is 91.4 Å². The summed E-state index contributed by atoms with van der Waals surface area (Å²) in [6, 6.07) is 14.8. The molecule has 2 aliphatic rings. The Bertz CT molecular complexity index is 1140. The second kappa shape index (κ2) is 19.1.